The second-order valence-electron chi connectivity index (χ2n) is 4.49. The zero-order valence-corrected chi connectivity index (χ0v) is 11.8. The summed E-state index contributed by atoms with van der Waals surface area (Å²) in [4.78, 5) is 4.69. The van der Waals surface area contributed by atoms with E-state index in [1.165, 1.54) is 0 Å². The second kappa shape index (κ2) is 6.21. The van der Waals surface area contributed by atoms with Gasteiger partial charge in [-0.3, -0.25) is 0 Å². The molecule has 1 N–H and O–H groups in total. The number of fused-ring (bicyclic) bond motifs is 1. The molecule has 0 saturated carbocycles. The van der Waals surface area contributed by atoms with Gasteiger partial charge in [-0.2, -0.15) is 0 Å². The van der Waals surface area contributed by atoms with Crippen molar-refractivity contribution in [3.63, 3.8) is 0 Å². The second-order valence-corrected chi connectivity index (χ2v) is 4.93. The Morgan fingerprint density at radius 1 is 1.28 bits per heavy atom. The third kappa shape index (κ3) is 2.85. The van der Waals surface area contributed by atoms with E-state index in [-0.39, 0.29) is 0 Å². The van der Waals surface area contributed by atoms with Gasteiger partial charge in [0.25, 0.3) is 0 Å². The maximum absolute atomic E-state index is 6.07. The summed E-state index contributed by atoms with van der Waals surface area (Å²) < 4.78 is 2.27. The maximum Gasteiger partial charge on any atom is 0.123 e. The van der Waals surface area contributed by atoms with Crippen LogP contribution in [-0.2, 0) is 13.1 Å². The van der Waals surface area contributed by atoms with E-state index in [4.69, 9.17) is 11.6 Å². The minimum atomic E-state index is 0.771. The van der Waals surface area contributed by atoms with E-state index in [1.54, 1.807) is 0 Å². The van der Waals surface area contributed by atoms with Crippen molar-refractivity contribution in [1.29, 1.82) is 0 Å². The van der Waals surface area contributed by atoms with Gasteiger partial charge in [0.05, 0.1) is 17.6 Å². The van der Waals surface area contributed by atoms with Crippen molar-refractivity contribution in [2.45, 2.75) is 39.8 Å². The van der Waals surface area contributed by atoms with Gasteiger partial charge in [0.15, 0.2) is 0 Å². The molecule has 0 aliphatic carbocycles. The van der Waals surface area contributed by atoms with Crippen molar-refractivity contribution in [2.75, 3.05) is 6.54 Å². The molecule has 0 atom stereocenters. The lowest BCUT2D eigenvalue weighted by atomic mass is 10.3. The Morgan fingerprint density at radius 3 is 2.83 bits per heavy atom. The third-order valence-corrected chi connectivity index (χ3v) is 3.18. The van der Waals surface area contributed by atoms with Gasteiger partial charge in [0, 0.05) is 11.6 Å². The SMILES string of the molecule is CCCNCc1nc2ccc(Cl)cc2n1CCC. The molecule has 0 spiro atoms. The highest BCUT2D eigenvalue weighted by Gasteiger charge is 2.09. The van der Waals surface area contributed by atoms with E-state index >= 15 is 0 Å². The number of imidazole rings is 1. The van der Waals surface area contributed by atoms with Crippen LogP contribution in [-0.4, -0.2) is 16.1 Å². The standard InChI is InChI=1S/C14H20ClN3/c1-3-7-16-10-14-17-12-6-5-11(15)9-13(12)18(14)8-4-2/h5-6,9,16H,3-4,7-8,10H2,1-2H3. The van der Waals surface area contributed by atoms with Crippen LogP contribution in [0, 0.1) is 0 Å². The van der Waals surface area contributed by atoms with Crippen molar-refractivity contribution in [2.24, 2.45) is 0 Å². The highest BCUT2D eigenvalue weighted by molar-refractivity contribution is 6.31. The lowest BCUT2D eigenvalue weighted by Crippen LogP contribution is -2.17. The molecule has 0 amide bonds. The van der Waals surface area contributed by atoms with Crippen LogP contribution in [0.25, 0.3) is 11.0 Å². The Bertz CT molecular complexity index is 519. The highest BCUT2D eigenvalue weighted by Crippen LogP contribution is 2.21. The number of rotatable bonds is 6. The number of nitrogens with one attached hydrogen (secondary N) is 1. The zero-order chi connectivity index (χ0) is 13.0. The maximum atomic E-state index is 6.07. The van der Waals surface area contributed by atoms with Gasteiger partial charge in [0.1, 0.15) is 5.82 Å². The van der Waals surface area contributed by atoms with Gasteiger partial charge < -0.3 is 9.88 Å². The number of benzene rings is 1. The molecule has 0 radical (unpaired) electrons. The van der Waals surface area contributed by atoms with E-state index in [0.717, 1.165) is 54.4 Å². The van der Waals surface area contributed by atoms with Gasteiger partial charge in [-0.15, -0.1) is 0 Å². The first-order valence-electron chi connectivity index (χ1n) is 6.61. The molecule has 1 aromatic heterocycles. The molecule has 0 bridgehead atoms. The molecule has 0 saturated heterocycles. The fraction of sp³-hybridized carbons (Fsp3) is 0.500. The Morgan fingerprint density at radius 2 is 2.11 bits per heavy atom. The number of aryl methyl sites for hydroxylation is 1. The summed E-state index contributed by atoms with van der Waals surface area (Å²) in [6, 6.07) is 5.90. The Hall–Kier alpha value is -1.06. The van der Waals surface area contributed by atoms with Crippen LogP contribution in [0.5, 0.6) is 0 Å². The van der Waals surface area contributed by atoms with Crippen LogP contribution in [0.15, 0.2) is 18.2 Å². The molecule has 2 rings (SSSR count). The Labute approximate surface area is 113 Å². The molecule has 4 heteroatoms. The number of aromatic nitrogens is 2. The van der Waals surface area contributed by atoms with Crippen molar-refractivity contribution in [3.8, 4) is 0 Å². The van der Waals surface area contributed by atoms with Gasteiger partial charge in [-0.05, 0) is 37.6 Å². The van der Waals surface area contributed by atoms with Crippen LogP contribution in [0.4, 0.5) is 0 Å². The van der Waals surface area contributed by atoms with E-state index in [9.17, 15) is 0 Å². The Balaban J connectivity index is 2.35. The predicted molar refractivity (Wildman–Crippen MR) is 77.0 cm³/mol. The fourth-order valence-corrected chi connectivity index (χ4v) is 2.30. The predicted octanol–water partition coefficient (Wildman–Crippen LogP) is 3.60. The lowest BCUT2D eigenvalue weighted by Gasteiger charge is -2.08. The normalized spacial score (nSPS) is 11.3. The van der Waals surface area contributed by atoms with E-state index in [1.807, 2.05) is 18.2 Å². The number of halogens is 1. The average Bonchev–Trinajstić information content (AvgIpc) is 2.68. The number of nitrogens with zero attached hydrogens (tertiary/aromatic N) is 2. The first kappa shape index (κ1) is 13.4. The highest BCUT2D eigenvalue weighted by atomic mass is 35.5. The summed E-state index contributed by atoms with van der Waals surface area (Å²) in [7, 11) is 0. The molecule has 0 fully saturated rings. The molecule has 1 heterocycles. The monoisotopic (exact) mass is 265 g/mol. The number of hydrogen-bond donors (Lipinski definition) is 1. The summed E-state index contributed by atoms with van der Waals surface area (Å²) in [5.41, 5.74) is 2.17. The van der Waals surface area contributed by atoms with Crippen molar-refractivity contribution in [3.05, 3.63) is 29.0 Å². The molecule has 3 nitrogen and oxygen atoms in total. The van der Waals surface area contributed by atoms with E-state index < -0.39 is 0 Å². The molecule has 0 aliphatic rings. The third-order valence-electron chi connectivity index (χ3n) is 2.95. The molecule has 98 valence electrons. The van der Waals surface area contributed by atoms with E-state index in [0.29, 0.717) is 0 Å². The van der Waals surface area contributed by atoms with Crippen molar-refractivity contribution in [1.82, 2.24) is 14.9 Å². The molecule has 2 aromatic rings. The molecular formula is C14H20ClN3. The summed E-state index contributed by atoms with van der Waals surface area (Å²) in [5.74, 6) is 1.10. The topological polar surface area (TPSA) is 29.9 Å². The van der Waals surface area contributed by atoms with Gasteiger partial charge in [-0.1, -0.05) is 25.4 Å². The minimum Gasteiger partial charge on any atom is -0.327 e. The largest absolute Gasteiger partial charge is 0.327 e. The van der Waals surface area contributed by atoms with Crippen molar-refractivity contribution >= 4 is 22.6 Å². The summed E-state index contributed by atoms with van der Waals surface area (Å²) in [5, 5.41) is 4.18. The van der Waals surface area contributed by atoms with Gasteiger partial charge in [-0.25, -0.2) is 4.98 Å². The molecule has 1 aromatic carbocycles. The van der Waals surface area contributed by atoms with Crippen LogP contribution in [0.2, 0.25) is 5.02 Å². The molecular weight excluding hydrogens is 246 g/mol. The summed E-state index contributed by atoms with van der Waals surface area (Å²) in [6.07, 6.45) is 2.23. The smallest absolute Gasteiger partial charge is 0.123 e. The molecule has 18 heavy (non-hydrogen) atoms. The first-order valence-corrected chi connectivity index (χ1v) is 6.99. The summed E-state index contributed by atoms with van der Waals surface area (Å²) >= 11 is 6.07. The molecule has 0 unspecified atom stereocenters. The molecule has 0 aliphatic heterocycles. The lowest BCUT2D eigenvalue weighted by molar-refractivity contribution is 0.595. The number of hydrogen-bond acceptors (Lipinski definition) is 2. The van der Waals surface area contributed by atoms with Crippen LogP contribution < -0.4 is 5.32 Å². The van der Waals surface area contributed by atoms with Crippen LogP contribution >= 0.6 is 11.6 Å². The minimum absolute atomic E-state index is 0.771. The van der Waals surface area contributed by atoms with E-state index in [2.05, 4.69) is 28.7 Å². The summed E-state index contributed by atoms with van der Waals surface area (Å²) in [6.45, 7) is 7.18. The van der Waals surface area contributed by atoms with Crippen molar-refractivity contribution < 1.29 is 0 Å². The fourth-order valence-electron chi connectivity index (χ4n) is 2.13. The van der Waals surface area contributed by atoms with Crippen LogP contribution in [0.3, 0.4) is 0 Å². The first-order chi connectivity index (χ1) is 8.76. The average molecular weight is 266 g/mol. The van der Waals surface area contributed by atoms with Gasteiger partial charge >= 0.3 is 0 Å². The van der Waals surface area contributed by atoms with Gasteiger partial charge in [0.2, 0.25) is 0 Å². The zero-order valence-electron chi connectivity index (χ0n) is 11.0. The Kier molecular flexibility index (Phi) is 4.61. The quantitative estimate of drug-likeness (QED) is 0.809. The van der Waals surface area contributed by atoms with Crippen LogP contribution in [0.1, 0.15) is 32.5 Å².